The van der Waals surface area contributed by atoms with E-state index in [9.17, 15) is 4.79 Å². The maximum Gasteiger partial charge on any atom is 0.224 e. The number of nitrogens with two attached hydrogens (primary N) is 1. The van der Waals surface area contributed by atoms with Crippen molar-refractivity contribution < 1.29 is 4.79 Å². The predicted octanol–water partition coefficient (Wildman–Crippen LogP) is 2.22. The molecule has 20 heavy (non-hydrogen) atoms. The second-order valence-electron chi connectivity index (χ2n) is 4.62. The summed E-state index contributed by atoms with van der Waals surface area (Å²) in [7, 11) is 0. The van der Waals surface area contributed by atoms with E-state index in [4.69, 9.17) is 11.0 Å². The first kappa shape index (κ1) is 16.0. The molecule has 0 saturated heterocycles. The molecule has 0 saturated carbocycles. The number of nitriles is 1. The van der Waals surface area contributed by atoms with E-state index in [2.05, 4.69) is 23.2 Å². The van der Waals surface area contributed by atoms with E-state index in [1.807, 2.05) is 12.1 Å². The highest BCUT2D eigenvalue weighted by atomic mass is 16.1. The normalized spacial score (nSPS) is 10.2. The van der Waals surface area contributed by atoms with Gasteiger partial charge >= 0.3 is 0 Å². The van der Waals surface area contributed by atoms with Crippen molar-refractivity contribution in [3.05, 3.63) is 24.3 Å². The fourth-order valence-electron chi connectivity index (χ4n) is 1.94. The first-order valence-electron chi connectivity index (χ1n) is 6.90. The number of nitrogens with one attached hydrogen (secondary N) is 1. The lowest BCUT2D eigenvalue weighted by atomic mass is 10.2. The highest BCUT2D eigenvalue weighted by Crippen LogP contribution is 2.12. The van der Waals surface area contributed by atoms with Gasteiger partial charge in [0, 0.05) is 30.8 Å². The van der Waals surface area contributed by atoms with E-state index in [0.29, 0.717) is 18.5 Å². The van der Waals surface area contributed by atoms with Crippen LogP contribution in [0.1, 0.15) is 26.2 Å². The number of hydrogen-bond donors (Lipinski definition) is 2. The SMILES string of the molecule is CCN(CCC#N)CCCC(=O)Nc1cccc(N)c1. The summed E-state index contributed by atoms with van der Waals surface area (Å²) < 4.78 is 0. The number of hydrogen-bond acceptors (Lipinski definition) is 4. The molecule has 5 heteroatoms. The van der Waals surface area contributed by atoms with Crippen LogP contribution < -0.4 is 11.1 Å². The Hall–Kier alpha value is -2.06. The van der Waals surface area contributed by atoms with Crippen LogP contribution >= 0.6 is 0 Å². The summed E-state index contributed by atoms with van der Waals surface area (Å²) in [5, 5.41) is 11.4. The van der Waals surface area contributed by atoms with Crippen LogP contribution in [0.2, 0.25) is 0 Å². The quantitative estimate of drug-likeness (QED) is 0.712. The smallest absolute Gasteiger partial charge is 0.224 e. The van der Waals surface area contributed by atoms with Gasteiger partial charge in [-0.2, -0.15) is 5.26 Å². The van der Waals surface area contributed by atoms with Gasteiger partial charge < -0.3 is 16.0 Å². The Labute approximate surface area is 120 Å². The third-order valence-corrected chi connectivity index (χ3v) is 3.04. The zero-order valence-corrected chi connectivity index (χ0v) is 11.9. The molecule has 1 aromatic carbocycles. The van der Waals surface area contributed by atoms with Crippen molar-refractivity contribution in [1.82, 2.24) is 4.90 Å². The Bertz CT molecular complexity index is 467. The van der Waals surface area contributed by atoms with Gasteiger partial charge in [-0.25, -0.2) is 0 Å². The van der Waals surface area contributed by atoms with E-state index >= 15 is 0 Å². The van der Waals surface area contributed by atoms with Crippen molar-refractivity contribution in [3.63, 3.8) is 0 Å². The number of benzene rings is 1. The van der Waals surface area contributed by atoms with Crippen LogP contribution in [0.5, 0.6) is 0 Å². The molecule has 0 bridgehead atoms. The summed E-state index contributed by atoms with van der Waals surface area (Å²) in [6, 6.07) is 9.29. The van der Waals surface area contributed by atoms with Crippen molar-refractivity contribution in [1.29, 1.82) is 5.26 Å². The van der Waals surface area contributed by atoms with Gasteiger partial charge in [0.1, 0.15) is 0 Å². The first-order chi connectivity index (χ1) is 9.65. The van der Waals surface area contributed by atoms with Gasteiger partial charge in [0.2, 0.25) is 5.91 Å². The molecule has 0 aliphatic carbocycles. The highest BCUT2D eigenvalue weighted by molar-refractivity contribution is 5.91. The lowest BCUT2D eigenvalue weighted by Gasteiger charge is -2.18. The molecule has 0 unspecified atom stereocenters. The minimum absolute atomic E-state index is 0.00747. The van der Waals surface area contributed by atoms with E-state index in [-0.39, 0.29) is 5.91 Å². The number of carbonyl (C=O) groups is 1. The summed E-state index contributed by atoms with van der Waals surface area (Å²) in [4.78, 5) is 14.0. The number of nitrogen functional groups attached to an aromatic ring is 1. The van der Waals surface area contributed by atoms with Crippen LogP contribution in [0.4, 0.5) is 11.4 Å². The topological polar surface area (TPSA) is 82.2 Å². The Morgan fingerprint density at radius 2 is 2.25 bits per heavy atom. The van der Waals surface area contributed by atoms with Gasteiger partial charge in [0.15, 0.2) is 0 Å². The van der Waals surface area contributed by atoms with Crippen molar-refractivity contribution in [2.24, 2.45) is 0 Å². The van der Waals surface area contributed by atoms with Gasteiger partial charge in [-0.1, -0.05) is 13.0 Å². The molecule has 0 heterocycles. The number of nitrogens with zero attached hydrogens (tertiary/aromatic N) is 2. The zero-order chi connectivity index (χ0) is 14.8. The summed E-state index contributed by atoms with van der Waals surface area (Å²) >= 11 is 0. The predicted molar refractivity (Wildman–Crippen MR) is 81.1 cm³/mol. The largest absolute Gasteiger partial charge is 0.399 e. The van der Waals surface area contributed by atoms with E-state index in [1.54, 1.807) is 12.1 Å². The highest BCUT2D eigenvalue weighted by Gasteiger charge is 2.05. The van der Waals surface area contributed by atoms with E-state index in [0.717, 1.165) is 31.7 Å². The minimum atomic E-state index is -0.00747. The summed E-state index contributed by atoms with van der Waals surface area (Å²) in [6.45, 7) is 4.56. The number of carbonyl (C=O) groups excluding carboxylic acids is 1. The zero-order valence-electron chi connectivity index (χ0n) is 11.9. The molecule has 0 atom stereocenters. The molecular weight excluding hydrogens is 252 g/mol. The van der Waals surface area contributed by atoms with Crippen LogP contribution in [0.15, 0.2) is 24.3 Å². The molecule has 0 aromatic heterocycles. The van der Waals surface area contributed by atoms with Crippen molar-refractivity contribution in [2.45, 2.75) is 26.2 Å². The molecule has 3 N–H and O–H groups in total. The standard InChI is InChI=1S/C15H22N4O/c1-2-19(11-5-9-16)10-4-8-15(20)18-14-7-3-6-13(17)12-14/h3,6-7,12H,2,4-5,8,10-11,17H2,1H3,(H,18,20). The lowest BCUT2D eigenvalue weighted by Crippen LogP contribution is -2.26. The van der Waals surface area contributed by atoms with Gasteiger partial charge in [-0.3, -0.25) is 4.79 Å². The molecule has 0 spiro atoms. The summed E-state index contributed by atoms with van der Waals surface area (Å²) in [5.74, 6) is -0.00747. The molecule has 1 rings (SSSR count). The average molecular weight is 274 g/mol. The number of amides is 1. The minimum Gasteiger partial charge on any atom is -0.399 e. The van der Waals surface area contributed by atoms with Crippen LogP contribution in [0, 0.1) is 11.3 Å². The van der Waals surface area contributed by atoms with Gasteiger partial charge in [0.05, 0.1) is 6.07 Å². The van der Waals surface area contributed by atoms with E-state index in [1.165, 1.54) is 0 Å². The van der Waals surface area contributed by atoms with Gasteiger partial charge in [-0.05, 0) is 37.7 Å². The first-order valence-corrected chi connectivity index (χ1v) is 6.90. The maximum absolute atomic E-state index is 11.8. The van der Waals surface area contributed by atoms with Crippen LogP contribution in [-0.2, 0) is 4.79 Å². The fourth-order valence-corrected chi connectivity index (χ4v) is 1.94. The molecule has 1 aromatic rings. The van der Waals surface area contributed by atoms with Crippen molar-refractivity contribution in [2.75, 3.05) is 30.7 Å². The maximum atomic E-state index is 11.8. The van der Waals surface area contributed by atoms with Crippen molar-refractivity contribution >= 4 is 17.3 Å². The van der Waals surface area contributed by atoms with Crippen LogP contribution in [-0.4, -0.2) is 30.4 Å². The Morgan fingerprint density at radius 3 is 2.90 bits per heavy atom. The third kappa shape index (κ3) is 6.21. The number of rotatable bonds is 8. The molecule has 0 aliphatic heterocycles. The second-order valence-corrected chi connectivity index (χ2v) is 4.62. The molecule has 0 radical (unpaired) electrons. The summed E-state index contributed by atoms with van der Waals surface area (Å²) in [6.07, 6.45) is 1.79. The lowest BCUT2D eigenvalue weighted by molar-refractivity contribution is -0.116. The second kappa shape index (κ2) is 8.94. The van der Waals surface area contributed by atoms with Gasteiger partial charge in [0.25, 0.3) is 0 Å². The molecule has 0 fully saturated rings. The molecular formula is C15H22N4O. The molecule has 5 nitrogen and oxygen atoms in total. The molecule has 1 amide bonds. The average Bonchev–Trinajstić information content (AvgIpc) is 2.42. The van der Waals surface area contributed by atoms with Gasteiger partial charge in [-0.15, -0.1) is 0 Å². The summed E-state index contributed by atoms with van der Waals surface area (Å²) in [5.41, 5.74) is 7.02. The Kier molecular flexibility index (Phi) is 7.15. The third-order valence-electron chi connectivity index (χ3n) is 3.04. The van der Waals surface area contributed by atoms with Crippen LogP contribution in [0.25, 0.3) is 0 Å². The fraction of sp³-hybridized carbons (Fsp3) is 0.467. The monoisotopic (exact) mass is 274 g/mol. The molecule has 0 aliphatic rings. The Balaban J connectivity index is 2.28. The van der Waals surface area contributed by atoms with E-state index < -0.39 is 0 Å². The van der Waals surface area contributed by atoms with Crippen molar-refractivity contribution in [3.8, 4) is 6.07 Å². The number of anilines is 2. The van der Waals surface area contributed by atoms with Crippen LogP contribution in [0.3, 0.4) is 0 Å². The Morgan fingerprint density at radius 1 is 1.45 bits per heavy atom. The molecule has 108 valence electrons.